The maximum atomic E-state index is 12.9. The third-order valence-electron chi connectivity index (χ3n) is 5.58. The molecule has 32 heavy (non-hydrogen) atoms. The van der Waals surface area contributed by atoms with Crippen LogP contribution in [0.15, 0.2) is 51.9 Å². The molecule has 1 N–H and O–H groups in total. The minimum atomic E-state index is -0.111. The Morgan fingerprint density at radius 3 is 2.88 bits per heavy atom. The van der Waals surface area contributed by atoms with Crippen LogP contribution in [0, 0.1) is 6.92 Å². The Labute approximate surface area is 186 Å². The zero-order valence-corrected chi connectivity index (χ0v) is 18.6. The standard InChI is InChI=1S/C23H28N6O3/c1-4-21(22-25-26-27-29(22)9-11-31-3)28(15-19-6-5-10-32-19)14-18-13-17-8-7-16(2)12-20(17)24-23(18)30/h5-8,10,12-13,21H,4,9,11,14-15H2,1-3H3,(H,24,30). The molecule has 0 saturated carbocycles. The Morgan fingerprint density at radius 2 is 2.12 bits per heavy atom. The zero-order valence-electron chi connectivity index (χ0n) is 18.6. The third kappa shape index (κ3) is 4.79. The van der Waals surface area contributed by atoms with Crippen LogP contribution in [-0.2, 0) is 24.4 Å². The van der Waals surface area contributed by atoms with Crippen molar-refractivity contribution in [2.75, 3.05) is 13.7 Å². The number of aromatic amines is 1. The van der Waals surface area contributed by atoms with Crippen molar-refractivity contribution in [3.63, 3.8) is 0 Å². The summed E-state index contributed by atoms with van der Waals surface area (Å²) in [6.07, 6.45) is 2.42. The number of aromatic nitrogens is 5. The van der Waals surface area contributed by atoms with Crippen LogP contribution in [0.25, 0.3) is 10.9 Å². The fourth-order valence-electron chi connectivity index (χ4n) is 3.97. The molecule has 1 atom stereocenters. The third-order valence-corrected chi connectivity index (χ3v) is 5.58. The van der Waals surface area contributed by atoms with E-state index in [-0.39, 0.29) is 11.6 Å². The average molecular weight is 437 g/mol. The van der Waals surface area contributed by atoms with E-state index in [1.807, 2.05) is 43.3 Å². The van der Waals surface area contributed by atoms with Gasteiger partial charge in [0.15, 0.2) is 5.82 Å². The first-order valence-electron chi connectivity index (χ1n) is 10.7. The van der Waals surface area contributed by atoms with Gasteiger partial charge in [0, 0.05) is 24.7 Å². The van der Waals surface area contributed by atoms with Gasteiger partial charge in [-0.05, 0) is 59.0 Å². The number of methoxy groups -OCH3 is 1. The summed E-state index contributed by atoms with van der Waals surface area (Å²) in [6, 6.07) is 11.7. The van der Waals surface area contributed by atoms with Gasteiger partial charge in [-0.15, -0.1) is 5.10 Å². The molecule has 3 aromatic heterocycles. The number of rotatable bonds is 10. The summed E-state index contributed by atoms with van der Waals surface area (Å²) in [5, 5.41) is 13.3. The largest absolute Gasteiger partial charge is 0.468 e. The molecule has 0 aliphatic rings. The summed E-state index contributed by atoms with van der Waals surface area (Å²) in [5.74, 6) is 1.55. The van der Waals surface area contributed by atoms with Crippen molar-refractivity contribution >= 4 is 10.9 Å². The Bertz CT molecular complexity index is 1210. The van der Waals surface area contributed by atoms with E-state index < -0.39 is 0 Å². The van der Waals surface area contributed by atoms with Gasteiger partial charge in [-0.2, -0.15) is 0 Å². The van der Waals surface area contributed by atoms with Crippen molar-refractivity contribution < 1.29 is 9.15 Å². The lowest BCUT2D eigenvalue weighted by Gasteiger charge is -2.29. The van der Waals surface area contributed by atoms with Gasteiger partial charge in [-0.25, -0.2) is 4.68 Å². The summed E-state index contributed by atoms with van der Waals surface area (Å²) < 4.78 is 12.6. The highest BCUT2D eigenvalue weighted by Crippen LogP contribution is 2.26. The quantitative estimate of drug-likeness (QED) is 0.407. The maximum absolute atomic E-state index is 12.9. The first-order valence-corrected chi connectivity index (χ1v) is 10.7. The van der Waals surface area contributed by atoms with Crippen molar-refractivity contribution in [3.8, 4) is 0 Å². The van der Waals surface area contributed by atoms with Gasteiger partial charge in [0.05, 0.1) is 32.0 Å². The number of ether oxygens (including phenoxy) is 1. The predicted octanol–water partition coefficient (Wildman–Crippen LogP) is 3.22. The Balaban J connectivity index is 1.70. The Hall–Kier alpha value is -3.30. The van der Waals surface area contributed by atoms with E-state index in [9.17, 15) is 4.79 Å². The van der Waals surface area contributed by atoms with Crippen molar-refractivity contribution in [1.82, 2.24) is 30.1 Å². The SMILES string of the molecule is CCC(c1nnnn1CCOC)N(Cc1ccco1)Cc1cc2ccc(C)cc2[nH]c1=O. The second-order valence-electron chi connectivity index (χ2n) is 7.88. The van der Waals surface area contributed by atoms with Crippen molar-refractivity contribution in [2.24, 2.45) is 0 Å². The van der Waals surface area contributed by atoms with E-state index in [0.29, 0.717) is 31.8 Å². The lowest BCUT2D eigenvalue weighted by atomic mass is 10.1. The lowest BCUT2D eigenvalue weighted by Crippen LogP contribution is -2.32. The van der Waals surface area contributed by atoms with Crippen LogP contribution in [0.4, 0.5) is 0 Å². The molecule has 0 spiro atoms. The zero-order chi connectivity index (χ0) is 22.5. The molecule has 168 valence electrons. The predicted molar refractivity (Wildman–Crippen MR) is 120 cm³/mol. The number of furan rings is 1. The normalized spacial score (nSPS) is 12.6. The first kappa shape index (κ1) is 21.9. The molecule has 9 heteroatoms. The van der Waals surface area contributed by atoms with E-state index >= 15 is 0 Å². The van der Waals surface area contributed by atoms with Crippen LogP contribution in [0.1, 0.15) is 42.1 Å². The number of fused-ring (bicyclic) bond motifs is 1. The molecule has 1 aromatic carbocycles. The van der Waals surface area contributed by atoms with E-state index in [0.717, 1.165) is 34.5 Å². The van der Waals surface area contributed by atoms with Gasteiger partial charge in [-0.1, -0.05) is 19.1 Å². The minimum absolute atomic E-state index is 0.0960. The number of tetrazole rings is 1. The summed E-state index contributed by atoms with van der Waals surface area (Å²) in [7, 11) is 1.65. The van der Waals surface area contributed by atoms with Gasteiger partial charge >= 0.3 is 0 Å². The molecular weight excluding hydrogens is 408 g/mol. The van der Waals surface area contributed by atoms with Crippen molar-refractivity contribution in [1.29, 1.82) is 0 Å². The summed E-state index contributed by atoms with van der Waals surface area (Å²) in [6.45, 7) is 6.11. The Kier molecular flexibility index (Phi) is 6.77. The summed E-state index contributed by atoms with van der Waals surface area (Å²) >= 11 is 0. The molecule has 0 bridgehead atoms. The monoisotopic (exact) mass is 436 g/mol. The van der Waals surface area contributed by atoms with Crippen LogP contribution >= 0.6 is 0 Å². The van der Waals surface area contributed by atoms with Crippen LogP contribution < -0.4 is 5.56 Å². The van der Waals surface area contributed by atoms with Crippen LogP contribution in [0.5, 0.6) is 0 Å². The highest BCUT2D eigenvalue weighted by atomic mass is 16.5. The number of aryl methyl sites for hydroxylation is 1. The minimum Gasteiger partial charge on any atom is -0.468 e. The number of nitrogens with one attached hydrogen (secondary N) is 1. The highest BCUT2D eigenvalue weighted by Gasteiger charge is 2.26. The lowest BCUT2D eigenvalue weighted by molar-refractivity contribution is 0.142. The molecule has 0 amide bonds. The molecule has 4 rings (SSSR count). The van der Waals surface area contributed by atoms with Gasteiger partial charge in [-0.3, -0.25) is 9.69 Å². The molecule has 4 aromatic rings. The van der Waals surface area contributed by atoms with Crippen LogP contribution in [0.3, 0.4) is 0 Å². The van der Waals surface area contributed by atoms with E-state index in [4.69, 9.17) is 9.15 Å². The molecule has 0 fully saturated rings. The number of H-pyrrole nitrogens is 1. The molecule has 0 saturated heterocycles. The van der Waals surface area contributed by atoms with Gasteiger partial charge < -0.3 is 14.1 Å². The fourth-order valence-corrected chi connectivity index (χ4v) is 3.97. The first-order chi connectivity index (χ1) is 15.6. The topological polar surface area (TPSA) is 102 Å². The van der Waals surface area contributed by atoms with E-state index in [2.05, 4.69) is 32.3 Å². The molecular formula is C23H28N6O3. The second kappa shape index (κ2) is 9.88. The summed E-state index contributed by atoms with van der Waals surface area (Å²) in [5.41, 5.74) is 2.53. The summed E-state index contributed by atoms with van der Waals surface area (Å²) in [4.78, 5) is 18.1. The highest BCUT2D eigenvalue weighted by molar-refractivity contribution is 5.79. The molecule has 0 aliphatic heterocycles. The molecule has 0 aliphatic carbocycles. The number of pyridine rings is 1. The molecule has 3 heterocycles. The number of hydrogen-bond donors (Lipinski definition) is 1. The van der Waals surface area contributed by atoms with Crippen molar-refractivity contribution in [3.05, 3.63) is 75.7 Å². The van der Waals surface area contributed by atoms with E-state index in [1.165, 1.54) is 0 Å². The van der Waals surface area contributed by atoms with Gasteiger partial charge in [0.2, 0.25) is 0 Å². The fraction of sp³-hybridized carbons (Fsp3) is 0.391. The van der Waals surface area contributed by atoms with E-state index in [1.54, 1.807) is 18.1 Å². The average Bonchev–Trinajstić information content (AvgIpc) is 3.46. The number of nitrogens with zero attached hydrogens (tertiary/aromatic N) is 5. The second-order valence-corrected chi connectivity index (χ2v) is 7.88. The number of benzene rings is 1. The Morgan fingerprint density at radius 1 is 1.25 bits per heavy atom. The maximum Gasteiger partial charge on any atom is 0.252 e. The van der Waals surface area contributed by atoms with Crippen molar-refractivity contribution in [2.45, 2.75) is 45.9 Å². The number of hydrogen-bond acceptors (Lipinski definition) is 7. The molecule has 0 radical (unpaired) electrons. The van der Waals surface area contributed by atoms with Gasteiger partial charge in [0.1, 0.15) is 5.76 Å². The van der Waals surface area contributed by atoms with Crippen LogP contribution in [0.2, 0.25) is 0 Å². The van der Waals surface area contributed by atoms with Gasteiger partial charge in [0.25, 0.3) is 5.56 Å². The smallest absolute Gasteiger partial charge is 0.252 e. The molecule has 1 unspecified atom stereocenters. The molecule has 9 nitrogen and oxygen atoms in total. The van der Waals surface area contributed by atoms with Crippen LogP contribution in [-0.4, -0.2) is 43.8 Å².